The lowest BCUT2D eigenvalue weighted by atomic mass is 10.1. The van der Waals surface area contributed by atoms with E-state index in [2.05, 4.69) is 0 Å². The zero-order valence-electron chi connectivity index (χ0n) is 13.7. The number of carbonyl (C=O) groups excluding carboxylic acids is 2. The van der Waals surface area contributed by atoms with Crippen molar-refractivity contribution in [3.05, 3.63) is 29.6 Å². The van der Waals surface area contributed by atoms with Crippen LogP contribution >= 0.6 is 0 Å². The van der Waals surface area contributed by atoms with E-state index >= 15 is 0 Å². The molecule has 6 heteroatoms. The maximum Gasteiger partial charge on any atom is 0.410 e. The molecule has 0 radical (unpaired) electrons. The number of halogens is 1. The van der Waals surface area contributed by atoms with E-state index in [-0.39, 0.29) is 23.5 Å². The zero-order valence-corrected chi connectivity index (χ0v) is 13.7. The Morgan fingerprint density at radius 1 is 1.30 bits per heavy atom. The monoisotopic (exact) mass is 323 g/mol. The van der Waals surface area contributed by atoms with E-state index in [0.29, 0.717) is 32.2 Å². The highest BCUT2D eigenvalue weighted by Crippen LogP contribution is 2.24. The van der Waals surface area contributed by atoms with Crippen LogP contribution in [0.1, 0.15) is 44.0 Å². The molecular formula is C17H22FNO4. The third-order valence-electron chi connectivity index (χ3n) is 3.51. The summed E-state index contributed by atoms with van der Waals surface area (Å²) >= 11 is 0. The van der Waals surface area contributed by atoms with Gasteiger partial charge in [0.05, 0.1) is 5.56 Å². The van der Waals surface area contributed by atoms with Crippen LogP contribution in [0.4, 0.5) is 9.18 Å². The van der Waals surface area contributed by atoms with E-state index in [1.807, 2.05) is 20.8 Å². The van der Waals surface area contributed by atoms with Gasteiger partial charge in [0.25, 0.3) is 0 Å². The predicted octanol–water partition coefficient (Wildman–Crippen LogP) is 3.42. The van der Waals surface area contributed by atoms with Crippen LogP contribution in [0.2, 0.25) is 0 Å². The number of rotatable bonds is 3. The average molecular weight is 323 g/mol. The van der Waals surface area contributed by atoms with E-state index < -0.39 is 11.4 Å². The molecule has 1 amide bonds. The van der Waals surface area contributed by atoms with Crippen molar-refractivity contribution in [2.75, 3.05) is 13.1 Å². The summed E-state index contributed by atoms with van der Waals surface area (Å²) in [5, 5.41) is 0. The van der Waals surface area contributed by atoms with Crippen LogP contribution in [0.3, 0.4) is 0 Å². The highest BCUT2D eigenvalue weighted by atomic mass is 19.1. The second kappa shape index (κ2) is 6.98. The number of piperidine rings is 1. The SMILES string of the molecule is CC(C)(C)OC(=O)N1CCC(Oc2cccc(C=O)c2F)CC1. The molecule has 1 fully saturated rings. The Kier molecular flexibility index (Phi) is 5.23. The van der Waals surface area contributed by atoms with Crippen molar-refractivity contribution in [3.63, 3.8) is 0 Å². The standard InChI is InChI=1S/C17H22FNO4/c1-17(2,3)23-16(21)19-9-7-13(8-10-19)22-14-6-4-5-12(11-20)15(14)18/h4-6,11,13H,7-10H2,1-3H3. The van der Waals surface area contributed by atoms with Gasteiger partial charge in [-0.15, -0.1) is 0 Å². The average Bonchev–Trinajstić information content (AvgIpc) is 2.48. The number of ether oxygens (including phenoxy) is 2. The number of nitrogens with zero attached hydrogens (tertiary/aromatic N) is 1. The van der Waals surface area contributed by atoms with Crippen molar-refractivity contribution in [2.24, 2.45) is 0 Å². The maximum absolute atomic E-state index is 14.0. The number of hydrogen-bond donors (Lipinski definition) is 0. The molecule has 0 spiro atoms. The Morgan fingerprint density at radius 3 is 2.52 bits per heavy atom. The first kappa shape index (κ1) is 17.2. The summed E-state index contributed by atoms with van der Waals surface area (Å²) < 4.78 is 25.0. The predicted molar refractivity (Wildman–Crippen MR) is 83.2 cm³/mol. The highest BCUT2D eigenvalue weighted by Gasteiger charge is 2.28. The van der Waals surface area contributed by atoms with Crippen LogP contribution in [0.5, 0.6) is 5.75 Å². The fourth-order valence-electron chi connectivity index (χ4n) is 2.37. The maximum atomic E-state index is 14.0. The van der Waals surface area contributed by atoms with Gasteiger partial charge < -0.3 is 14.4 Å². The van der Waals surface area contributed by atoms with Crippen molar-refractivity contribution in [2.45, 2.75) is 45.3 Å². The Labute approximate surface area is 135 Å². The summed E-state index contributed by atoms with van der Waals surface area (Å²) in [7, 11) is 0. The first-order chi connectivity index (χ1) is 10.8. The van der Waals surface area contributed by atoms with E-state index in [0.717, 1.165) is 0 Å². The molecule has 1 aliphatic rings. The largest absolute Gasteiger partial charge is 0.487 e. The number of amides is 1. The molecule has 1 aliphatic heterocycles. The highest BCUT2D eigenvalue weighted by molar-refractivity contribution is 5.76. The molecule has 0 saturated carbocycles. The molecule has 1 aromatic rings. The Balaban J connectivity index is 1.90. The second-order valence-electron chi connectivity index (χ2n) is 6.56. The third-order valence-corrected chi connectivity index (χ3v) is 3.51. The van der Waals surface area contributed by atoms with E-state index in [1.165, 1.54) is 12.1 Å². The molecule has 0 atom stereocenters. The summed E-state index contributed by atoms with van der Waals surface area (Å²) in [6.07, 6.45) is 1.11. The molecular weight excluding hydrogens is 301 g/mol. The molecule has 2 rings (SSSR count). The molecule has 23 heavy (non-hydrogen) atoms. The molecule has 1 aromatic carbocycles. The molecule has 5 nitrogen and oxygen atoms in total. The lowest BCUT2D eigenvalue weighted by Crippen LogP contribution is -2.44. The van der Waals surface area contributed by atoms with Gasteiger partial charge in [-0.25, -0.2) is 9.18 Å². The Hall–Kier alpha value is -2.11. The topological polar surface area (TPSA) is 55.8 Å². The van der Waals surface area contributed by atoms with Gasteiger partial charge in [0.1, 0.15) is 11.7 Å². The molecule has 1 heterocycles. The van der Waals surface area contributed by atoms with Crippen LogP contribution < -0.4 is 4.74 Å². The summed E-state index contributed by atoms with van der Waals surface area (Å²) in [5.41, 5.74) is -0.545. The van der Waals surface area contributed by atoms with Crippen LogP contribution in [0.25, 0.3) is 0 Å². The van der Waals surface area contributed by atoms with E-state index in [9.17, 15) is 14.0 Å². The zero-order chi connectivity index (χ0) is 17.0. The van der Waals surface area contributed by atoms with Crippen LogP contribution in [0.15, 0.2) is 18.2 Å². The number of aldehydes is 1. The molecule has 126 valence electrons. The molecule has 1 saturated heterocycles. The number of carbonyl (C=O) groups is 2. The van der Waals surface area contributed by atoms with Crippen LogP contribution in [0, 0.1) is 5.82 Å². The first-order valence-corrected chi connectivity index (χ1v) is 7.68. The van der Waals surface area contributed by atoms with E-state index in [1.54, 1.807) is 11.0 Å². The minimum Gasteiger partial charge on any atom is -0.487 e. The molecule has 0 N–H and O–H groups in total. The number of likely N-dealkylation sites (tertiary alicyclic amines) is 1. The van der Waals surface area contributed by atoms with E-state index in [4.69, 9.17) is 9.47 Å². The van der Waals surface area contributed by atoms with Gasteiger partial charge in [-0.1, -0.05) is 6.07 Å². The van der Waals surface area contributed by atoms with Crippen LogP contribution in [-0.2, 0) is 4.74 Å². The fourth-order valence-corrected chi connectivity index (χ4v) is 2.37. The van der Waals surface area contributed by atoms with Crippen molar-refractivity contribution in [3.8, 4) is 5.75 Å². The van der Waals surface area contributed by atoms with Gasteiger partial charge in [0.2, 0.25) is 0 Å². The number of hydrogen-bond acceptors (Lipinski definition) is 4. The van der Waals surface area contributed by atoms with Gasteiger partial charge in [0, 0.05) is 25.9 Å². The molecule has 0 aliphatic carbocycles. The smallest absolute Gasteiger partial charge is 0.410 e. The van der Waals surface area contributed by atoms with Crippen molar-refractivity contribution in [1.82, 2.24) is 4.90 Å². The molecule has 0 unspecified atom stereocenters. The Bertz CT molecular complexity index is 574. The number of benzene rings is 1. The van der Waals surface area contributed by atoms with Gasteiger partial charge in [-0.05, 0) is 32.9 Å². The lowest BCUT2D eigenvalue weighted by Gasteiger charge is -2.33. The minimum absolute atomic E-state index is 0.0197. The summed E-state index contributed by atoms with van der Waals surface area (Å²) in [5.74, 6) is -0.567. The quantitative estimate of drug-likeness (QED) is 0.800. The molecule has 0 aromatic heterocycles. The summed E-state index contributed by atoms with van der Waals surface area (Å²) in [6, 6.07) is 4.49. The lowest BCUT2D eigenvalue weighted by molar-refractivity contribution is 0.0123. The summed E-state index contributed by atoms with van der Waals surface area (Å²) in [4.78, 5) is 24.4. The van der Waals surface area contributed by atoms with Gasteiger partial charge in [0.15, 0.2) is 17.9 Å². The summed E-state index contributed by atoms with van der Waals surface area (Å²) in [6.45, 7) is 6.46. The van der Waals surface area contributed by atoms with Gasteiger partial charge in [-0.2, -0.15) is 0 Å². The van der Waals surface area contributed by atoms with Crippen molar-refractivity contribution >= 4 is 12.4 Å². The molecule has 0 bridgehead atoms. The minimum atomic E-state index is -0.642. The first-order valence-electron chi connectivity index (χ1n) is 7.68. The fraction of sp³-hybridized carbons (Fsp3) is 0.529. The van der Waals surface area contributed by atoms with Crippen molar-refractivity contribution in [1.29, 1.82) is 0 Å². The van der Waals surface area contributed by atoms with Gasteiger partial charge in [-0.3, -0.25) is 4.79 Å². The third kappa shape index (κ3) is 4.68. The van der Waals surface area contributed by atoms with Crippen molar-refractivity contribution < 1.29 is 23.5 Å². The Morgan fingerprint density at radius 2 is 1.96 bits per heavy atom. The van der Waals surface area contributed by atoms with Crippen LogP contribution in [-0.4, -0.2) is 42.1 Å². The second-order valence-corrected chi connectivity index (χ2v) is 6.56. The van der Waals surface area contributed by atoms with Gasteiger partial charge >= 0.3 is 6.09 Å². The normalized spacial score (nSPS) is 16.1.